The molecule has 0 aliphatic carbocycles. The number of anilines is 2. The van der Waals surface area contributed by atoms with Gasteiger partial charge in [-0.15, -0.1) is 0 Å². The van der Waals surface area contributed by atoms with Crippen LogP contribution < -0.4 is 10.6 Å². The number of H-pyrrole nitrogens is 2. The van der Waals surface area contributed by atoms with E-state index in [1.165, 1.54) is 17.2 Å². The van der Waals surface area contributed by atoms with Gasteiger partial charge in [0.1, 0.15) is 5.52 Å². The van der Waals surface area contributed by atoms with Gasteiger partial charge in [-0.1, -0.05) is 50.2 Å². The topological polar surface area (TPSA) is 116 Å². The Kier molecular flexibility index (Phi) is 9.56. The third kappa shape index (κ3) is 7.07. The average molecular weight is 547 g/mol. The first-order chi connectivity index (χ1) is 19.4. The summed E-state index contributed by atoms with van der Waals surface area (Å²) in [6.07, 6.45) is 4.41. The van der Waals surface area contributed by atoms with Crippen LogP contribution in [-0.4, -0.2) is 32.2 Å². The molecule has 0 fully saturated rings. The fourth-order valence-corrected chi connectivity index (χ4v) is 4.22. The van der Waals surface area contributed by atoms with Crippen LogP contribution in [0.25, 0.3) is 21.8 Å². The number of hydrogen-bond donors (Lipinski definition) is 4. The number of amides is 2. The van der Waals surface area contributed by atoms with Gasteiger partial charge >= 0.3 is 0 Å². The molecule has 208 valence electrons. The fraction of sp³-hybridized carbons (Fsp3) is 0.267. The molecule has 5 aromatic rings. The van der Waals surface area contributed by atoms with Crippen LogP contribution in [-0.2, 0) is 22.4 Å². The highest BCUT2D eigenvalue weighted by Crippen LogP contribution is 2.25. The van der Waals surface area contributed by atoms with Crippen LogP contribution in [0.1, 0.15) is 50.7 Å². The van der Waals surface area contributed by atoms with E-state index in [1.54, 1.807) is 0 Å². The van der Waals surface area contributed by atoms with Crippen molar-refractivity contribution in [1.82, 2.24) is 20.4 Å². The summed E-state index contributed by atoms with van der Waals surface area (Å²) in [7, 11) is 0. The Morgan fingerprint density at radius 3 is 2.02 bits per heavy atom. The maximum absolute atomic E-state index is 13.3. The highest BCUT2D eigenvalue weighted by atomic mass is 19.2. The Morgan fingerprint density at radius 1 is 0.750 bits per heavy atom. The number of halogens is 2. The normalized spacial score (nSPS) is 10.8. The second-order valence-electron chi connectivity index (χ2n) is 9.39. The third-order valence-corrected chi connectivity index (χ3v) is 6.27. The number of fused-ring (bicyclic) bond motifs is 2. The van der Waals surface area contributed by atoms with E-state index in [0.717, 1.165) is 36.2 Å². The molecular formula is C30H32F2N6O2. The zero-order valence-electron chi connectivity index (χ0n) is 22.5. The number of nitrogens with zero attached hydrogens (tertiary/aromatic N) is 2. The molecule has 0 unspecified atom stereocenters. The minimum Gasteiger partial charge on any atom is -0.309 e. The SMILES string of the molecule is CCCC(=O)Nc1n[nH]c2c(F)c(F)ccc12.CCCC(=O)Nc1n[nH]c2cc(CCc3ccccc3)ccc12. The lowest BCUT2D eigenvalue weighted by molar-refractivity contribution is -0.117. The molecule has 2 aromatic heterocycles. The van der Waals surface area contributed by atoms with Crippen LogP contribution in [0.4, 0.5) is 20.4 Å². The lowest BCUT2D eigenvalue weighted by atomic mass is 10.0. The van der Waals surface area contributed by atoms with Gasteiger partial charge < -0.3 is 10.6 Å². The lowest BCUT2D eigenvalue weighted by Crippen LogP contribution is -2.11. The van der Waals surface area contributed by atoms with E-state index in [1.807, 2.05) is 26.0 Å². The Bertz CT molecular complexity index is 1600. The van der Waals surface area contributed by atoms with Crippen LogP contribution in [0.2, 0.25) is 0 Å². The molecule has 0 radical (unpaired) electrons. The first kappa shape index (κ1) is 28.4. The van der Waals surface area contributed by atoms with Gasteiger partial charge in [0.25, 0.3) is 0 Å². The molecule has 0 atom stereocenters. The van der Waals surface area contributed by atoms with Crippen molar-refractivity contribution in [2.45, 2.75) is 52.4 Å². The summed E-state index contributed by atoms with van der Waals surface area (Å²) in [6.45, 7) is 3.86. The second kappa shape index (κ2) is 13.5. The Hall–Kier alpha value is -4.60. The smallest absolute Gasteiger partial charge is 0.225 e. The van der Waals surface area contributed by atoms with Crippen molar-refractivity contribution in [3.8, 4) is 0 Å². The van der Waals surface area contributed by atoms with Gasteiger partial charge in [-0.3, -0.25) is 19.8 Å². The minimum atomic E-state index is -0.994. The number of aromatic nitrogens is 4. The minimum absolute atomic E-state index is 0.00838. The first-order valence-electron chi connectivity index (χ1n) is 13.3. The molecule has 0 spiro atoms. The predicted octanol–water partition coefficient (Wildman–Crippen LogP) is 6.67. The number of benzene rings is 3. The van der Waals surface area contributed by atoms with Crippen molar-refractivity contribution < 1.29 is 18.4 Å². The zero-order valence-corrected chi connectivity index (χ0v) is 22.5. The predicted molar refractivity (Wildman–Crippen MR) is 153 cm³/mol. The van der Waals surface area contributed by atoms with Gasteiger partial charge in [0.05, 0.1) is 5.52 Å². The molecule has 0 saturated carbocycles. The second-order valence-corrected chi connectivity index (χ2v) is 9.39. The molecule has 8 nitrogen and oxygen atoms in total. The molecule has 3 aromatic carbocycles. The quantitative estimate of drug-likeness (QED) is 0.165. The summed E-state index contributed by atoms with van der Waals surface area (Å²) in [5, 5.41) is 20.1. The highest BCUT2D eigenvalue weighted by Gasteiger charge is 2.14. The van der Waals surface area contributed by atoms with Crippen molar-refractivity contribution in [2.75, 3.05) is 10.6 Å². The standard InChI is InChI=1S/C19H21N3O.C11H11F2N3O/c1-2-6-18(23)20-19-16-12-11-15(13-17(16)21-22-19)10-9-14-7-4-3-5-8-14;1-2-3-8(17)14-11-6-4-5-7(12)9(13)10(6)15-16-11/h3-5,7-8,11-13H,2,6,9-10H2,1H3,(H2,20,21,22,23);4-5H,2-3H2,1H3,(H2,14,15,16,17). The van der Waals surface area contributed by atoms with E-state index < -0.39 is 11.6 Å². The highest BCUT2D eigenvalue weighted by molar-refractivity contribution is 6.00. The van der Waals surface area contributed by atoms with Crippen LogP contribution in [0.15, 0.2) is 60.7 Å². The monoisotopic (exact) mass is 546 g/mol. The summed E-state index contributed by atoms with van der Waals surface area (Å²) < 4.78 is 26.3. The molecule has 0 bridgehead atoms. The molecule has 5 rings (SSSR count). The van der Waals surface area contributed by atoms with Gasteiger partial charge in [0, 0.05) is 23.6 Å². The maximum Gasteiger partial charge on any atom is 0.225 e. The van der Waals surface area contributed by atoms with Gasteiger partial charge in [0.2, 0.25) is 11.8 Å². The third-order valence-electron chi connectivity index (χ3n) is 6.27. The fourth-order valence-electron chi connectivity index (χ4n) is 4.22. The molecule has 0 saturated heterocycles. The van der Waals surface area contributed by atoms with E-state index in [-0.39, 0.29) is 23.1 Å². The molecule has 2 heterocycles. The van der Waals surface area contributed by atoms with Gasteiger partial charge in [0.15, 0.2) is 23.3 Å². The average Bonchev–Trinajstić information content (AvgIpc) is 3.54. The van der Waals surface area contributed by atoms with Crippen LogP contribution in [0.3, 0.4) is 0 Å². The number of rotatable bonds is 9. The van der Waals surface area contributed by atoms with Gasteiger partial charge in [-0.25, -0.2) is 8.78 Å². The van der Waals surface area contributed by atoms with Gasteiger partial charge in [-0.2, -0.15) is 10.2 Å². The number of aromatic amines is 2. The van der Waals surface area contributed by atoms with Crippen molar-refractivity contribution in [1.29, 1.82) is 0 Å². The van der Waals surface area contributed by atoms with E-state index >= 15 is 0 Å². The van der Waals surface area contributed by atoms with Crippen molar-refractivity contribution in [3.63, 3.8) is 0 Å². The zero-order chi connectivity index (χ0) is 28.5. The molecule has 0 aliphatic heterocycles. The van der Waals surface area contributed by atoms with Crippen molar-refractivity contribution >= 4 is 45.3 Å². The lowest BCUT2D eigenvalue weighted by Gasteiger charge is -2.03. The summed E-state index contributed by atoms with van der Waals surface area (Å²) in [6, 6.07) is 19.1. The largest absolute Gasteiger partial charge is 0.309 e. The summed E-state index contributed by atoms with van der Waals surface area (Å²) in [5.74, 6) is -1.30. The Balaban J connectivity index is 0.000000194. The van der Waals surface area contributed by atoms with Crippen LogP contribution in [0.5, 0.6) is 0 Å². The van der Waals surface area contributed by atoms with Crippen molar-refractivity contribution in [3.05, 3.63) is 83.4 Å². The van der Waals surface area contributed by atoms with Crippen molar-refractivity contribution in [2.24, 2.45) is 0 Å². The van der Waals surface area contributed by atoms with Crippen LogP contribution >= 0.6 is 0 Å². The van der Waals surface area contributed by atoms with E-state index in [4.69, 9.17) is 0 Å². The molecule has 4 N–H and O–H groups in total. The maximum atomic E-state index is 13.3. The molecule has 40 heavy (non-hydrogen) atoms. The Morgan fingerprint density at radius 2 is 1.35 bits per heavy atom. The summed E-state index contributed by atoms with van der Waals surface area (Å²) >= 11 is 0. The van der Waals surface area contributed by atoms with E-state index in [9.17, 15) is 18.4 Å². The summed E-state index contributed by atoms with van der Waals surface area (Å²) in [5.41, 5.74) is 3.51. The molecule has 0 aliphatic rings. The summed E-state index contributed by atoms with van der Waals surface area (Å²) in [4.78, 5) is 23.1. The van der Waals surface area contributed by atoms with E-state index in [2.05, 4.69) is 67.4 Å². The molecule has 10 heteroatoms. The Labute approximate surface area is 230 Å². The van der Waals surface area contributed by atoms with Crippen LogP contribution in [0, 0.1) is 11.6 Å². The first-order valence-corrected chi connectivity index (χ1v) is 13.3. The number of carbonyl (C=O) groups excluding carboxylic acids is 2. The van der Waals surface area contributed by atoms with Gasteiger partial charge in [-0.05, 0) is 61.1 Å². The molecule has 2 amide bonds. The number of nitrogens with one attached hydrogen (secondary N) is 4. The van der Waals surface area contributed by atoms with E-state index in [0.29, 0.717) is 30.5 Å². The molecular weight excluding hydrogens is 514 g/mol. The number of aryl methyl sites for hydroxylation is 2. The number of hydrogen-bond acceptors (Lipinski definition) is 4. The number of carbonyl (C=O) groups is 2.